The molecule has 0 radical (unpaired) electrons. The van der Waals surface area contributed by atoms with Gasteiger partial charge in [0.25, 0.3) is 0 Å². The molecule has 3 N–H and O–H groups in total. The Morgan fingerprint density at radius 2 is 2.29 bits per heavy atom. The number of halogens is 1. The van der Waals surface area contributed by atoms with Crippen molar-refractivity contribution in [2.45, 2.75) is 12.5 Å². The van der Waals surface area contributed by atoms with E-state index >= 15 is 0 Å². The summed E-state index contributed by atoms with van der Waals surface area (Å²) in [6.45, 7) is -0.0524. The fourth-order valence-corrected chi connectivity index (χ4v) is 1.56. The van der Waals surface area contributed by atoms with Crippen LogP contribution in [0.2, 0.25) is 0 Å². The van der Waals surface area contributed by atoms with E-state index < -0.39 is 0 Å². The number of nitriles is 1. The van der Waals surface area contributed by atoms with E-state index in [0.29, 0.717) is 12.0 Å². The number of hydrogen-bond acceptors (Lipinski definition) is 3. The molecular weight excluding hydrogens is 244 g/mol. The molecule has 4 heteroatoms. The van der Waals surface area contributed by atoms with Gasteiger partial charge in [-0.15, -0.1) is 0 Å². The van der Waals surface area contributed by atoms with Crippen LogP contribution in [-0.2, 0) is 6.42 Å². The highest BCUT2D eigenvalue weighted by molar-refractivity contribution is 9.10. The largest absolute Gasteiger partial charge is 0.395 e. The number of nitrogens with two attached hydrogens (primary N) is 1. The van der Waals surface area contributed by atoms with E-state index in [4.69, 9.17) is 16.1 Å². The summed E-state index contributed by atoms with van der Waals surface area (Å²) in [5.41, 5.74) is 7.17. The van der Waals surface area contributed by atoms with Gasteiger partial charge in [-0.2, -0.15) is 5.26 Å². The minimum absolute atomic E-state index is 0.0524. The van der Waals surface area contributed by atoms with Crippen LogP contribution in [0.1, 0.15) is 11.1 Å². The molecule has 0 spiro atoms. The lowest BCUT2D eigenvalue weighted by atomic mass is 10.0. The van der Waals surface area contributed by atoms with Gasteiger partial charge >= 0.3 is 0 Å². The molecule has 0 saturated heterocycles. The monoisotopic (exact) mass is 254 g/mol. The molecule has 0 aliphatic carbocycles. The van der Waals surface area contributed by atoms with Crippen LogP contribution >= 0.6 is 15.9 Å². The number of rotatable bonds is 3. The SMILES string of the molecule is N#Cc1ccc(Br)c(CC(N)CO)c1. The smallest absolute Gasteiger partial charge is 0.0991 e. The number of aliphatic hydroxyl groups is 1. The molecule has 1 unspecified atom stereocenters. The van der Waals surface area contributed by atoms with Crippen molar-refractivity contribution >= 4 is 15.9 Å². The molecular formula is C10H11BrN2O. The summed E-state index contributed by atoms with van der Waals surface area (Å²) in [6.07, 6.45) is 0.562. The molecule has 1 aromatic rings. The molecule has 1 atom stereocenters. The van der Waals surface area contributed by atoms with E-state index in [9.17, 15) is 0 Å². The Bertz CT molecular complexity index is 360. The van der Waals surface area contributed by atoms with E-state index in [1.165, 1.54) is 0 Å². The molecule has 0 amide bonds. The summed E-state index contributed by atoms with van der Waals surface area (Å²) in [7, 11) is 0. The highest BCUT2D eigenvalue weighted by Crippen LogP contribution is 2.19. The second kappa shape index (κ2) is 5.11. The molecule has 1 rings (SSSR count). The highest BCUT2D eigenvalue weighted by atomic mass is 79.9. The fraction of sp³-hybridized carbons (Fsp3) is 0.300. The summed E-state index contributed by atoms with van der Waals surface area (Å²) in [5, 5.41) is 17.5. The fourth-order valence-electron chi connectivity index (χ4n) is 1.15. The molecule has 0 fully saturated rings. The molecule has 0 bridgehead atoms. The zero-order valence-corrected chi connectivity index (χ0v) is 9.16. The van der Waals surface area contributed by atoms with Gasteiger partial charge in [-0.05, 0) is 30.2 Å². The molecule has 0 aliphatic heterocycles. The molecule has 0 aromatic heterocycles. The van der Waals surface area contributed by atoms with Crippen LogP contribution in [-0.4, -0.2) is 17.8 Å². The van der Waals surface area contributed by atoms with Crippen molar-refractivity contribution in [2.75, 3.05) is 6.61 Å². The third kappa shape index (κ3) is 2.81. The Hall–Kier alpha value is -0.890. The number of hydrogen-bond donors (Lipinski definition) is 2. The first-order valence-electron chi connectivity index (χ1n) is 4.22. The molecule has 14 heavy (non-hydrogen) atoms. The van der Waals surface area contributed by atoms with E-state index in [1.54, 1.807) is 12.1 Å². The van der Waals surface area contributed by atoms with Crippen LogP contribution in [0.15, 0.2) is 22.7 Å². The van der Waals surface area contributed by atoms with E-state index in [2.05, 4.69) is 22.0 Å². The Morgan fingerprint density at radius 3 is 2.86 bits per heavy atom. The van der Waals surface area contributed by atoms with Gasteiger partial charge in [-0.3, -0.25) is 0 Å². The first-order valence-corrected chi connectivity index (χ1v) is 5.01. The first-order chi connectivity index (χ1) is 6.67. The van der Waals surface area contributed by atoms with Gasteiger partial charge in [0, 0.05) is 10.5 Å². The summed E-state index contributed by atoms with van der Waals surface area (Å²) in [4.78, 5) is 0. The highest BCUT2D eigenvalue weighted by Gasteiger charge is 2.06. The van der Waals surface area contributed by atoms with Crippen molar-refractivity contribution in [1.82, 2.24) is 0 Å². The second-order valence-electron chi connectivity index (χ2n) is 3.06. The number of benzene rings is 1. The third-order valence-electron chi connectivity index (χ3n) is 1.89. The normalized spacial score (nSPS) is 12.1. The average Bonchev–Trinajstić information content (AvgIpc) is 2.21. The van der Waals surface area contributed by atoms with E-state index in [1.807, 2.05) is 6.07 Å². The van der Waals surface area contributed by atoms with Crippen molar-refractivity contribution < 1.29 is 5.11 Å². The maximum Gasteiger partial charge on any atom is 0.0991 e. The third-order valence-corrected chi connectivity index (χ3v) is 2.67. The molecule has 74 valence electrons. The van der Waals surface area contributed by atoms with E-state index in [-0.39, 0.29) is 12.6 Å². The van der Waals surface area contributed by atoms with Crippen molar-refractivity contribution in [3.05, 3.63) is 33.8 Å². The Morgan fingerprint density at radius 1 is 1.57 bits per heavy atom. The Labute approximate surface area is 91.3 Å². The molecule has 0 saturated carbocycles. The summed E-state index contributed by atoms with van der Waals surface area (Å²) >= 11 is 3.37. The summed E-state index contributed by atoms with van der Waals surface area (Å²) in [6, 6.07) is 7.11. The topological polar surface area (TPSA) is 70.0 Å². The second-order valence-corrected chi connectivity index (χ2v) is 3.92. The van der Waals surface area contributed by atoms with Gasteiger partial charge < -0.3 is 10.8 Å². The molecule has 0 aliphatic rings. The Balaban J connectivity index is 2.90. The minimum atomic E-state index is -0.278. The van der Waals surface area contributed by atoms with Gasteiger partial charge in [-0.25, -0.2) is 0 Å². The van der Waals surface area contributed by atoms with Crippen molar-refractivity contribution in [3.8, 4) is 6.07 Å². The van der Waals surface area contributed by atoms with Gasteiger partial charge in [0.05, 0.1) is 18.2 Å². The zero-order valence-electron chi connectivity index (χ0n) is 7.57. The lowest BCUT2D eigenvalue weighted by molar-refractivity contribution is 0.265. The quantitative estimate of drug-likeness (QED) is 0.852. The lowest BCUT2D eigenvalue weighted by Crippen LogP contribution is -2.27. The van der Waals surface area contributed by atoms with Gasteiger partial charge in [-0.1, -0.05) is 15.9 Å². The number of aliphatic hydroxyl groups excluding tert-OH is 1. The van der Waals surface area contributed by atoms with Crippen LogP contribution in [0.4, 0.5) is 0 Å². The lowest BCUT2D eigenvalue weighted by Gasteiger charge is -2.09. The maximum atomic E-state index is 8.81. The summed E-state index contributed by atoms with van der Waals surface area (Å²) < 4.78 is 0.917. The number of nitrogens with zero attached hydrogens (tertiary/aromatic N) is 1. The zero-order chi connectivity index (χ0) is 10.6. The van der Waals surface area contributed by atoms with Crippen LogP contribution in [0, 0.1) is 11.3 Å². The molecule has 1 aromatic carbocycles. The molecule has 3 nitrogen and oxygen atoms in total. The minimum Gasteiger partial charge on any atom is -0.395 e. The van der Waals surface area contributed by atoms with Gasteiger partial charge in [0.1, 0.15) is 0 Å². The van der Waals surface area contributed by atoms with Crippen LogP contribution in [0.25, 0.3) is 0 Å². The van der Waals surface area contributed by atoms with Crippen molar-refractivity contribution in [2.24, 2.45) is 5.73 Å². The van der Waals surface area contributed by atoms with Crippen LogP contribution in [0.3, 0.4) is 0 Å². The predicted molar refractivity (Wildman–Crippen MR) is 57.6 cm³/mol. The van der Waals surface area contributed by atoms with Gasteiger partial charge in [0.15, 0.2) is 0 Å². The predicted octanol–water partition coefficient (Wildman–Crippen LogP) is 1.18. The standard InChI is InChI=1S/C10H11BrN2O/c11-10-2-1-7(5-12)3-8(10)4-9(13)6-14/h1-3,9,14H,4,6,13H2. The van der Waals surface area contributed by atoms with E-state index in [0.717, 1.165) is 10.0 Å². The van der Waals surface area contributed by atoms with Gasteiger partial charge in [0.2, 0.25) is 0 Å². The first kappa shape index (κ1) is 11.2. The van der Waals surface area contributed by atoms with Crippen LogP contribution < -0.4 is 5.73 Å². The Kier molecular flexibility index (Phi) is 4.08. The van der Waals surface area contributed by atoms with Crippen molar-refractivity contribution in [3.63, 3.8) is 0 Å². The summed E-state index contributed by atoms with van der Waals surface area (Å²) in [5.74, 6) is 0. The average molecular weight is 255 g/mol. The maximum absolute atomic E-state index is 8.81. The van der Waals surface area contributed by atoms with Crippen molar-refractivity contribution in [1.29, 1.82) is 5.26 Å². The van der Waals surface area contributed by atoms with Crippen LogP contribution in [0.5, 0.6) is 0 Å². The molecule has 0 heterocycles.